The number of carbonyl (C=O) groups is 2. The molecule has 0 saturated carbocycles. The first-order valence-corrected chi connectivity index (χ1v) is 7.35. The molecule has 0 atom stereocenters. The second kappa shape index (κ2) is 6.53. The Kier molecular flexibility index (Phi) is 4.74. The van der Waals surface area contributed by atoms with Crippen molar-refractivity contribution in [3.63, 3.8) is 0 Å². The maximum absolute atomic E-state index is 12.3. The molecular formula is C14H17N3O3S. The van der Waals surface area contributed by atoms with Gasteiger partial charge in [0.2, 0.25) is 5.91 Å². The van der Waals surface area contributed by atoms with Gasteiger partial charge in [-0.1, -0.05) is 0 Å². The zero-order valence-corrected chi connectivity index (χ0v) is 12.9. The van der Waals surface area contributed by atoms with E-state index in [0.717, 1.165) is 4.88 Å². The molecule has 0 aliphatic rings. The van der Waals surface area contributed by atoms with Crippen molar-refractivity contribution >= 4 is 28.3 Å². The van der Waals surface area contributed by atoms with E-state index in [4.69, 9.17) is 4.42 Å². The van der Waals surface area contributed by atoms with Crippen LogP contribution in [0.2, 0.25) is 0 Å². The highest BCUT2D eigenvalue weighted by Gasteiger charge is 2.23. The van der Waals surface area contributed by atoms with Crippen LogP contribution < -0.4 is 5.32 Å². The van der Waals surface area contributed by atoms with E-state index in [-0.39, 0.29) is 30.2 Å². The number of rotatable bonds is 5. The van der Waals surface area contributed by atoms with Crippen molar-refractivity contribution in [2.24, 2.45) is 0 Å². The first-order valence-electron chi connectivity index (χ1n) is 6.54. The second-order valence-electron chi connectivity index (χ2n) is 4.83. The number of hydrogen-bond acceptors (Lipinski definition) is 5. The molecule has 2 aromatic rings. The maximum Gasteiger partial charge on any atom is 0.290 e. The van der Waals surface area contributed by atoms with Crippen LogP contribution >= 0.6 is 11.3 Å². The van der Waals surface area contributed by atoms with E-state index in [1.54, 1.807) is 18.3 Å². The van der Waals surface area contributed by atoms with Crippen molar-refractivity contribution in [2.45, 2.75) is 26.8 Å². The van der Waals surface area contributed by atoms with Gasteiger partial charge in [-0.25, -0.2) is 4.98 Å². The minimum Gasteiger partial charge on any atom is -0.459 e. The van der Waals surface area contributed by atoms with Gasteiger partial charge in [0.15, 0.2) is 10.9 Å². The summed E-state index contributed by atoms with van der Waals surface area (Å²) >= 11 is 1.39. The van der Waals surface area contributed by atoms with Crippen molar-refractivity contribution < 1.29 is 14.0 Å². The largest absolute Gasteiger partial charge is 0.459 e. The summed E-state index contributed by atoms with van der Waals surface area (Å²) in [6.07, 6.45) is 3.12. The molecule has 0 bridgehead atoms. The van der Waals surface area contributed by atoms with Crippen LogP contribution in [0.5, 0.6) is 0 Å². The molecule has 21 heavy (non-hydrogen) atoms. The lowest BCUT2D eigenvalue weighted by Crippen LogP contribution is -2.42. The van der Waals surface area contributed by atoms with Crippen molar-refractivity contribution in [1.82, 2.24) is 9.88 Å². The number of anilines is 1. The number of nitrogens with one attached hydrogen (secondary N) is 1. The summed E-state index contributed by atoms with van der Waals surface area (Å²) < 4.78 is 5.10. The Labute approximate surface area is 126 Å². The van der Waals surface area contributed by atoms with Gasteiger partial charge in [0.05, 0.1) is 6.26 Å². The molecule has 112 valence electrons. The lowest BCUT2D eigenvalue weighted by atomic mass is 10.2. The minimum atomic E-state index is -0.305. The standard InChI is InChI=1S/C14H17N3O3S/c1-9(2)17(13(19)11-5-4-6-20-11)8-12(18)16-14-15-7-10(3)21-14/h4-7,9H,8H2,1-3H3,(H,15,16,18). The maximum atomic E-state index is 12.3. The Balaban J connectivity index is 2.02. The molecule has 2 rings (SSSR count). The minimum absolute atomic E-state index is 0.0458. The van der Waals surface area contributed by atoms with Gasteiger partial charge < -0.3 is 14.6 Å². The average molecular weight is 307 g/mol. The van der Waals surface area contributed by atoms with Crippen molar-refractivity contribution in [1.29, 1.82) is 0 Å². The predicted octanol–water partition coefficient (Wildman–Crippen LogP) is 2.53. The number of thiazole rings is 1. The zero-order chi connectivity index (χ0) is 15.4. The monoisotopic (exact) mass is 307 g/mol. The predicted molar refractivity (Wildman–Crippen MR) is 80.4 cm³/mol. The van der Waals surface area contributed by atoms with Gasteiger partial charge >= 0.3 is 0 Å². The van der Waals surface area contributed by atoms with Gasteiger partial charge in [0, 0.05) is 17.1 Å². The highest BCUT2D eigenvalue weighted by molar-refractivity contribution is 7.15. The molecular weight excluding hydrogens is 290 g/mol. The average Bonchev–Trinajstić information content (AvgIpc) is 3.06. The molecule has 0 radical (unpaired) electrons. The second-order valence-corrected chi connectivity index (χ2v) is 6.06. The van der Waals surface area contributed by atoms with Gasteiger partial charge in [-0.05, 0) is 32.9 Å². The third-order valence-corrected chi connectivity index (χ3v) is 3.63. The van der Waals surface area contributed by atoms with E-state index >= 15 is 0 Å². The summed E-state index contributed by atoms with van der Waals surface area (Å²) in [6.45, 7) is 5.56. The Hall–Kier alpha value is -2.15. The van der Waals surface area contributed by atoms with Crippen LogP contribution in [0, 0.1) is 6.92 Å². The van der Waals surface area contributed by atoms with Crippen LogP contribution in [0.15, 0.2) is 29.0 Å². The van der Waals surface area contributed by atoms with Crippen molar-refractivity contribution in [3.05, 3.63) is 35.2 Å². The SMILES string of the molecule is Cc1cnc(NC(=O)CN(C(=O)c2ccco2)C(C)C)s1. The van der Waals surface area contributed by atoms with Gasteiger partial charge in [0.1, 0.15) is 6.54 Å². The van der Waals surface area contributed by atoms with Crippen LogP contribution in [0.4, 0.5) is 5.13 Å². The lowest BCUT2D eigenvalue weighted by molar-refractivity contribution is -0.117. The summed E-state index contributed by atoms with van der Waals surface area (Å²) in [4.78, 5) is 30.9. The summed E-state index contributed by atoms with van der Waals surface area (Å²) in [5, 5.41) is 3.23. The van der Waals surface area contributed by atoms with Gasteiger partial charge in [-0.15, -0.1) is 11.3 Å². The molecule has 1 N–H and O–H groups in total. The molecule has 2 heterocycles. The number of aromatic nitrogens is 1. The molecule has 0 unspecified atom stereocenters. The molecule has 0 saturated heterocycles. The van der Waals surface area contributed by atoms with E-state index < -0.39 is 0 Å². The third kappa shape index (κ3) is 3.91. The molecule has 0 aromatic carbocycles. The fourth-order valence-corrected chi connectivity index (χ4v) is 2.44. The summed E-state index contributed by atoms with van der Waals surface area (Å²) in [6, 6.07) is 3.11. The highest BCUT2D eigenvalue weighted by atomic mass is 32.1. The molecule has 6 nitrogen and oxygen atoms in total. The fraction of sp³-hybridized carbons (Fsp3) is 0.357. The Morgan fingerprint density at radius 1 is 1.48 bits per heavy atom. The smallest absolute Gasteiger partial charge is 0.290 e. The number of nitrogens with zero attached hydrogens (tertiary/aromatic N) is 2. The zero-order valence-electron chi connectivity index (χ0n) is 12.1. The summed E-state index contributed by atoms with van der Waals surface area (Å²) in [5.74, 6) is -0.361. The molecule has 0 aliphatic carbocycles. The molecule has 2 aromatic heterocycles. The first-order chi connectivity index (χ1) is 9.97. The van der Waals surface area contributed by atoms with Gasteiger partial charge in [-0.3, -0.25) is 9.59 Å². The van der Waals surface area contributed by atoms with Gasteiger partial charge in [-0.2, -0.15) is 0 Å². The van der Waals surface area contributed by atoms with Crippen LogP contribution in [0.3, 0.4) is 0 Å². The van der Waals surface area contributed by atoms with E-state index in [2.05, 4.69) is 10.3 Å². The fourth-order valence-electron chi connectivity index (χ4n) is 1.76. The van der Waals surface area contributed by atoms with Crippen LogP contribution in [0.25, 0.3) is 0 Å². The normalized spacial score (nSPS) is 10.7. The lowest BCUT2D eigenvalue weighted by Gasteiger charge is -2.24. The number of aryl methyl sites for hydroxylation is 1. The van der Waals surface area contributed by atoms with Crippen LogP contribution in [-0.4, -0.2) is 34.3 Å². The molecule has 0 fully saturated rings. The molecule has 7 heteroatoms. The summed E-state index contributed by atoms with van der Waals surface area (Å²) in [5.41, 5.74) is 0. The van der Waals surface area contributed by atoms with Crippen molar-refractivity contribution in [3.8, 4) is 0 Å². The van der Waals surface area contributed by atoms with E-state index in [1.165, 1.54) is 22.5 Å². The number of furan rings is 1. The highest BCUT2D eigenvalue weighted by Crippen LogP contribution is 2.16. The molecule has 2 amide bonds. The molecule has 0 spiro atoms. The van der Waals surface area contributed by atoms with Crippen LogP contribution in [0.1, 0.15) is 29.3 Å². The number of amides is 2. The summed E-state index contributed by atoms with van der Waals surface area (Å²) in [7, 11) is 0. The topological polar surface area (TPSA) is 75.4 Å². The van der Waals surface area contributed by atoms with Gasteiger partial charge in [0.25, 0.3) is 5.91 Å². The van der Waals surface area contributed by atoms with Crippen molar-refractivity contribution in [2.75, 3.05) is 11.9 Å². The first kappa shape index (κ1) is 15.2. The van der Waals surface area contributed by atoms with E-state index in [0.29, 0.717) is 5.13 Å². The Bertz CT molecular complexity index is 619. The van der Waals surface area contributed by atoms with Crippen LogP contribution in [-0.2, 0) is 4.79 Å². The number of hydrogen-bond donors (Lipinski definition) is 1. The van der Waals surface area contributed by atoms with E-state index in [9.17, 15) is 9.59 Å². The Morgan fingerprint density at radius 2 is 2.24 bits per heavy atom. The molecule has 0 aliphatic heterocycles. The third-order valence-electron chi connectivity index (χ3n) is 2.80. The quantitative estimate of drug-likeness (QED) is 0.921. The number of carbonyl (C=O) groups excluding carboxylic acids is 2. The Morgan fingerprint density at radius 3 is 2.76 bits per heavy atom. The van der Waals surface area contributed by atoms with E-state index in [1.807, 2.05) is 20.8 Å².